The molecule has 30 heavy (non-hydrogen) atoms. The highest BCUT2D eigenvalue weighted by molar-refractivity contribution is 5.96. The lowest BCUT2D eigenvalue weighted by Crippen LogP contribution is -2.26. The lowest BCUT2D eigenvalue weighted by molar-refractivity contribution is -0.201. The largest absolute Gasteiger partial charge is 0.356 e. The molecule has 5 nitrogen and oxygen atoms in total. The van der Waals surface area contributed by atoms with E-state index in [9.17, 15) is 4.79 Å². The second kappa shape index (κ2) is 17.4. The zero-order valence-corrected chi connectivity index (χ0v) is 20.3. The maximum atomic E-state index is 11.2. The van der Waals surface area contributed by atoms with E-state index in [2.05, 4.69) is 5.16 Å². The Balaban J connectivity index is 0. The summed E-state index contributed by atoms with van der Waals surface area (Å²) in [5.41, 5.74) is 2.39. The van der Waals surface area contributed by atoms with Crippen molar-refractivity contribution in [3.63, 3.8) is 0 Å². The number of benzene rings is 2. The molecule has 5 heteroatoms. The molecular weight excluding hydrogens is 378 g/mol. The van der Waals surface area contributed by atoms with Crippen molar-refractivity contribution < 1.29 is 19.1 Å². The Morgan fingerprint density at radius 1 is 0.800 bits per heavy atom. The normalized spacial score (nSPS) is 9.40. The second-order valence-corrected chi connectivity index (χ2v) is 5.90. The van der Waals surface area contributed by atoms with Gasteiger partial charge in [0.1, 0.15) is 0 Å². The molecule has 168 valence electrons. The molecule has 0 radical (unpaired) electrons. The maximum Gasteiger partial charge on any atom is 0.191 e. The SMILES string of the molecule is CC.CC.CC(=O)c1ccccc1ON=C(C)C.COC(C)(OC)c1ccccc1. The molecule has 0 aromatic heterocycles. The Hall–Kier alpha value is -2.50. The van der Waals surface area contributed by atoms with Crippen LogP contribution >= 0.6 is 0 Å². The maximum absolute atomic E-state index is 11.2. The van der Waals surface area contributed by atoms with E-state index in [1.54, 1.807) is 32.4 Å². The Labute approximate surface area is 183 Å². The summed E-state index contributed by atoms with van der Waals surface area (Å²) in [5, 5.41) is 3.80. The number of oxime groups is 1. The van der Waals surface area contributed by atoms with Crippen LogP contribution in [0.5, 0.6) is 5.75 Å². The highest BCUT2D eigenvalue weighted by atomic mass is 16.7. The van der Waals surface area contributed by atoms with Crippen molar-refractivity contribution >= 4 is 11.5 Å². The third-order valence-electron chi connectivity index (χ3n) is 3.67. The van der Waals surface area contributed by atoms with Gasteiger partial charge in [-0.2, -0.15) is 0 Å². The van der Waals surface area contributed by atoms with Crippen LogP contribution in [-0.2, 0) is 15.3 Å². The first kappa shape index (κ1) is 29.7. The van der Waals surface area contributed by atoms with Crippen molar-refractivity contribution in [3.05, 3.63) is 65.7 Å². The van der Waals surface area contributed by atoms with Gasteiger partial charge in [0, 0.05) is 19.8 Å². The van der Waals surface area contributed by atoms with Crippen molar-refractivity contribution in [1.29, 1.82) is 0 Å². The van der Waals surface area contributed by atoms with Crippen LogP contribution in [0.2, 0.25) is 0 Å². The number of methoxy groups -OCH3 is 2. The monoisotopic (exact) mass is 417 g/mol. The minimum Gasteiger partial charge on any atom is -0.356 e. The van der Waals surface area contributed by atoms with Crippen LogP contribution in [0.4, 0.5) is 0 Å². The van der Waals surface area contributed by atoms with Crippen molar-refractivity contribution in [2.45, 2.75) is 61.2 Å². The van der Waals surface area contributed by atoms with Crippen LogP contribution in [0.25, 0.3) is 0 Å². The van der Waals surface area contributed by atoms with Gasteiger partial charge in [-0.15, -0.1) is 0 Å². The summed E-state index contributed by atoms with van der Waals surface area (Å²) in [6.45, 7) is 15.1. The van der Waals surface area contributed by atoms with Crippen molar-refractivity contribution in [3.8, 4) is 5.75 Å². The minimum atomic E-state index is -0.624. The molecule has 0 unspecified atom stereocenters. The number of rotatable bonds is 6. The molecule has 2 rings (SSSR count). The quantitative estimate of drug-likeness (QED) is 0.223. The van der Waals surface area contributed by atoms with E-state index in [1.165, 1.54) is 6.92 Å². The number of carbonyl (C=O) groups excluding carboxylic acids is 1. The molecule has 2 aromatic rings. The number of nitrogens with zero attached hydrogens (tertiary/aromatic N) is 1. The van der Waals surface area contributed by atoms with Gasteiger partial charge >= 0.3 is 0 Å². The van der Waals surface area contributed by atoms with Gasteiger partial charge < -0.3 is 14.3 Å². The zero-order chi connectivity index (χ0) is 23.6. The molecule has 0 aliphatic rings. The Morgan fingerprint density at radius 3 is 1.70 bits per heavy atom. The summed E-state index contributed by atoms with van der Waals surface area (Å²) in [5.74, 6) is -0.146. The van der Waals surface area contributed by atoms with Crippen LogP contribution in [0.1, 0.15) is 71.3 Å². The van der Waals surface area contributed by atoms with E-state index in [0.29, 0.717) is 11.3 Å². The molecule has 0 aliphatic heterocycles. The predicted molar refractivity (Wildman–Crippen MR) is 126 cm³/mol. The highest BCUT2D eigenvalue weighted by Gasteiger charge is 2.24. The number of carbonyl (C=O) groups is 1. The molecule has 0 saturated carbocycles. The lowest BCUT2D eigenvalue weighted by Gasteiger charge is -2.26. The van der Waals surface area contributed by atoms with Crippen LogP contribution < -0.4 is 4.84 Å². The van der Waals surface area contributed by atoms with E-state index < -0.39 is 5.79 Å². The van der Waals surface area contributed by atoms with Crippen LogP contribution in [-0.4, -0.2) is 25.7 Å². The van der Waals surface area contributed by atoms with E-state index in [0.717, 1.165) is 11.3 Å². The number of hydrogen-bond acceptors (Lipinski definition) is 5. The van der Waals surface area contributed by atoms with Crippen molar-refractivity contribution in [2.75, 3.05) is 14.2 Å². The molecule has 0 N–H and O–H groups in total. The van der Waals surface area contributed by atoms with Crippen LogP contribution in [0.15, 0.2) is 59.8 Å². The summed E-state index contributed by atoms with van der Waals surface area (Å²) in [6.07, 6.45) is 0. The molecule has 0 atom stereocenters. The topological polar surface area (TPSA) is 57.1 Å². The molecule has 0 spiro atoms. The average Bonchev–Trinajstić information content (AvgIpc) is 2.81. The van der Waals surface area contributed by atoms with E-state index in [1.807, 2.05) is 84.9 Å². The molecule has 0 saturated heterocycles. The number of Topliss-reactive ketones (excluding diaryl/α,β-unsaturated/α-hetero) is 1. The highest BCUT2D eigenvalue weighted by Crippen LogP contribution is 2.24. The second-order valence-electron chi connectivity index (χ2n) is 5.90. The summed E-state index contributed by atoms with van der Waals surface area (Å²) in [7, 11) is 3.27. The van der Waals surface area contributed by atoms with Gasteiger partial charge in [0.25, 0.3) is 0 Å². The first-order valence-corrected chi connectivity index (χ1v) is 10.3. The number of hydrogen-bond donors (Lipinski definition) is 0. The van der Waals surface area contributed by atoms with Gasteiger partial charge in [0.2, 0.25) is 0 Å². The van der Waals surface area contributed by atoms with Crippen LogP contribution in [0, 0.1) is 0 Å². The summed E-state index contributed by atoms with van der Waals surface area (Å²) in [6, 6.07) is 16.9. The molecule has 0 aliphatic carbocycles. The zero-order valence-electron chi connectivity index (χ0n) is 20.3. The predicted octanol–water partition coefficient (Wildman–Crippen LogP) is 6.87. The molecule has 0 amide bonds. The molecular formula is C25H39NO4. The number of ether oxygens (including phenoxy) is 2. The minimum absolute atomic E-state index is 0.0236. The summed E-state index contributed by atoms with van der Waals surface area (Å²) >= 11 is 0. The average molecular weight is 418 g/mol. The molecule has 0 bridgehead atoms. The first-order chi connectivity index (χ1) is 14.3. The summed E-state index contributed by atoms with van der Waals surface area (Å²) < 4.78 is 10.5. The van der Waals surface area contributed by atoms with E-state index in [-0.39, 0.29) is 5.78 Å². The third kappa shape index (κ3) is 10.9. The third-order valence-corrected chi connectivity index (χ3v) is 3.67. The fourth-order valence-electron chi connectivity index (χ4n) is 2.04. The van der Waals surface area contributed by atoms with E-state index in [4.69, 9.17) is 14.3 Å². The Kier molecular flexibility index (Phi) is 17.2. The standard InChI is InChI=1S/C11H13NO2.C10H14O2.2C2H6/c1-8(2)12-14-11-7-5-4-6-10(11)9(3)13;1-10(11-2,12-3)9-7-5-4-6-8-9;2*1-2/h4-7H,1-3H3;4-8H,1-3H3;2*1-2H3. The van der Waals surface area contributed by atoms with Gasteiger partial charge in [0.15, 0.2) is 17.3 Å². The van der Waals surface area contributed by atoms with E-state index >= 15 is 0 Å². The van der Waals surface area contributed by atoms with Gasteiger partial charge in [-0.05, 0) is 39.8 Å². The fourth-order valence-corrected chi connectivity index (χ4v) is 2.04. The Bertz CT molecular complexity index is 719. The van der Waals surface area contributed by atoms with Gasteiger partial charge in [-0.25, -0.2) is 0 Å². The molecule has 2 aromatic carbocycles. The van der Waals surface area contributed by atoms with Gasteiger partial charge in [0.05, 0.1) is 11.3 Å². The van der Waals surface area contributed by atoms with Crippen molar-refractivity contribution in [1.82, 2.24) is 0 Å². The molecule has 0 heterocycles. The van der Waals surface area contributed by atoms with Gasteiger partial charge in [-0.1, -0.05) is 75.3 Å². The Morgan fingerprint density at radius 2 is 1.27 bits per heavy atom. The fraction of sp³-hybridized carbons (Fsp3) is 0.440. The summed E-state index contributed by atoms with van der Waals surface area (Å²) in [4.78, 5) is 16.3. The number of para-hydroxylation sites is 1. The molecule has 0 fully saturated rings. The number of ketones is 1. The van der Waals surface area contributed by atoms with Crippen LogP contribution in [0.3, 0.4) is 0 Å². The first-order valence-electron chi connectivity index (χ1n) is 10.3. The lowest BCUT2D eigenvalue weighted by atomic mass is 10.1. The van der Waals surface area contributed by atoms with Crippen molar-refractivity contribution in [2.24, 2.45) is 5.16 Å². The smallest absolute Gasteiger partial charge is 0.191 e. The van der Waals surface area contributed by atoms with Gasteiger partial charge in [-0.3, -0.25) is 4.79 Å².